The lowest BCUT2D eigenvalue weighted by Gasteiger charge is -2.12. The zero-order chi connectivity index (χ0) is 18.2. The van der Waals surface area contributed by atoms with Gasteiger partial charge in [0.15, 0.2) is 6.10 Å². The van der Waals surface area contributed by atoms with Crippen LogP contribution < -0.4 is 5.32 Å². The van der Waals surface area contributed by atoms with Gasteiger partial charge in [-0.2, -0.15) is 0 Å². The number of halogens is 2. The minimum Gasteiger partial charge on any atom is -0.449 e. The Hall–Kier alpha value is -2.47. The van der Waals surface area contributed by atoms with E-state index < -0.39 is 18.0 Å². The summed E-state index contributed by atoms with van der Waals surface area (Å²) < 4.78 is 18.8. The van der Waals surface area contributed by atoms with E-state index in [0.717, 1.165) is 15.6 Å². The first-order valence-electron chi connectivity index (χ1n) is 7.60. The number of carbonyl (C=O) groups excluding carboxylic acids is 2. The smallest absolute Gasteiger partial charge is 0.331 e. The molecule has 6 heteroatoms. The van der Waals surface area contributed by atoms with Crippen LogP contribution in [0.4, 0.5) is 4.39 Å². The molecule has 0 radical (unpaired) electrons. The minimum atomic E-state index is -0.930. The Labute approximate surface area is 153 Å². The molecule has 25 heavy (non-hydrogen) atoms. The summed E-state index contributed by atoms with van der Waals surface area (Å²) in [6.45, 7) is 1.72. The topological polar surface area (TPSA) is 55.4 Å². The lowest BCUT2D eigenvalue weighted by Crippen LogP contribution is -2.35. The summed E-state index contributed by atoms with van der Waals surface area (Å²) in [4.78, 5) is 23.7. The van der Waals surface area contributed by atoms with Gasteiger partial charge in [-0.1, -0.05) is 40.2 Å². The molecule has 0 saturated heterocycles. The molecule has 2 rings (SSSR count). The van der Waals surface area contributed by atoms with E-state index in [1.165, 1.54) is 25.1 Å². The predicted molar refractivity (Wildman–Crippen MR) is 97.0 cm³/mol. The number of esters is 1. The highest BCUT2D eigenvalue weighted by Crippen LogP contribution is 2.12. The van der Waals surface area contributed by atoms with E-state index in [9.17, 15) is 14.0 Å². The lowest BCUT2D eigenvalue weighted by molar-refractivity contribution is -0.150. The Morgan fingerprint density at radius 3 is 2.64 bits per heavy atom. The normalized spacial score (nSPS) is 12.0. The molecule has 0 unspecified atom stereocenters. The van der Waals surface area contributed by atoms with Crippen molar-refractivity contribution in [2.24, 2.45) is 0 Å². The van der Waals surface area contributed by atoms with E-state index in [0.29, 0.717) is 0 Å². The van der Waals surface area contributed by atoms with Crippen LogP contribution in [0.2, 0.25) is 0 Å². The maximum atomic E-state index is 12.8. The molecule has 1 atom stereocenters. The van der Waals surface area contributed by atoms with Gasteiger partial charge in [0.05, 0.1) is 0 Å². The molecule has 1 N–H and O–H groups in total. The summed E-state index contributed by atoms with van der Waals surface area (Å²) in [5.74, 6) is -1.37. The first-order valence-corrected chi connectivity index (χ1v) is 8.40. The maximum absolute atomic E-state index is 12.8. The van der Waals surface area contributed by atoms with Crippen molar-refractivity contribution < 1.29 is 18.7 Å². The molecule has 0 spiro atoms. The van der Waals surface area contributed by atoms with Crippen molar-refractivity contribution in [1.82, 2.24) is 5.32 Å². The molecule has 4 nitrogen and oxygen atoms in total. The lowest BCUT2D eigenvalue weighted by atomic mass is 10.2. The fourth-order valence-electron chi connectivity index (χ4n) is 1.98. The average Bonchev–Trinajstić information content (AvgIpc) is 2.59. The Morgan fingerprint density at radius 2 is 1.96 bits per heavy atom. The van der Waals surface area contributed by atoms with Gasteiger partial charge in [0.2, 0.25) is 0 Å². The number of rotatable bonds is 6. The third-order valence-electron chi connectivity index (χ3n) is 3.30. The Balaban J connectivity index is 1.81. The van der Waals surface area contributed by atoms with Gasteiger partial charge in [0, 0.05) is 17.1 Å². The van der Waals surface area contributed by atoms with Crippen molar-refractivity contribution in [3.8, 4) is 0 Å². The predicted octanol–water partition coefficient (Wildman–Crippen LogP) is 3.85. The summed E-state index contributed by atoms with van der Waals surface area (Å²) in [7, 11) is 0. The van der Waals surface area contributed by atoms with Crippen molar-refractivity contribution in [3.63, 3.8) is 0 Å². The summed E-state index contributed by atoms with van der Waals surface area (Å²) in [5.41, 5.74) is 1.59. The molecule has 0 aliphatic rings. The van der Waals surface area contributed by atoms with E-state index in [1.54, 1.807) is 18.2 Å². The highest BCUT2D eigenvalue weighted by Gasteiger charge is 2.16. The van der Waals surface area contributed by atoms with Crippen LogP contribution in [0.15, 0.2) is 59.1 Å². The highest BCUT2D eigenvalue weighted by molar-refractivity contribution is 9.10. The molecule has 1 amide bonds. The van der Waals surface area contributed by atoms with Crippen LogP contribution in [0.1, 0.15) is 18.1 Å². The third-order valence-corrected chi connectivity index (χ3v) is 3.80. The second kappa shape index (κ2) is 9.13. The number of benzene rings is 2. The molecule has 0 aromatic heterocycles. The van der Waals surface area contributed by atoms with Gasteiger partial charge in [-0.05, 0) is 48.4 Å². The quantitative estimate of drug-likeness (QED) is 0.586. The van der Waals surface area contributed by atoms with Gasteiger partial charge in [-0.15, -0.1) is 0 Å². The third kappa shape index (κ3) is 6.51. The molecule has 0 aliphatic heterocycles. The second-order valence-electron chi connectivity index (χ2n) is 5.31. The molecule has 0 bridgehead atoms. The van der Waals surface area contributed by atoms with E-state index in [4.69, 9.17) is 4.74 Å². The summed E-state index contributed by atoms with van der Waals surface area (Å²) in [6, 6.07) is 13.2. The van der Waals surface area contributed by atoms with Crippen molar-refractivity contribution in [2.45, 2.75) is 19.6 Å². The van der Waals surface area contributed by atoms with Crippen molar-refractivity contribution in [2.75, 3.05) is 0 Å². The standard InChI is InChI=1S/C19H17BrFNO3/c1-13(19(24)22-12-15-5-8-17(21)9-6-15)25-18(23)10-7-14-3-2-4-16(20)11-14/h2-11,13H,12H2,1H3,(H,22,24)/b10-7+/t13-/m0/s1. The molecule has 0 saturated carbocycles. The number of nitrogens with one attached hydrogen (secondary N) is 1. The molecule has 0 heterocycles. The molecule has 130 valence electrons. The number of carbonyl (C=O) groups is 2. The molecule has 0 fully saturated rings. The maximum Gasteiger partial charge on any atom is 0.331 e. The number of hydrogen-bond donors (Lipinski definition) is 1. The van der Waals surface area contributed by atoms with Gasteiger partial charge in [0.25, 0.3) is 5.91 Å². The van der Waals surface area contributed by atoms with E-state index in [1.807, 2.05) is 24.3 Å². The first-order chi connectivity index (χ1) is 11.9. The van der Waals surface area contributed by atoms with Crippen LogP contribution in [-0.4, -0.2) is 18.0 Å². The summed E-state index contributed by atoms with van der Waals surface area (Å²) in [6.07, 6.45) is 1.95. The Morgan fingerprint density at radius 1 is 1.24 bits per heavy atom. The Bertz CT molecular complexity index is 774. The Kier molecular flexibility index (Phi) is 6.89. The van der Waals surface area contributed by atoms with Crippen LogP contribution in [-0.2, 0) is 20.9 Å². The van der Waals surface area contributed by atoms with E-state index in [2.05, 4.69) is 21.2 Å². The number of ether oxygens (including phenoxy) is 1. The van der Waals surface area contributed by atoms with Gasteiger partial charge in [-0.3, -0.25) is 4.79 Å². The highest BCUT2D eigenvalue weighted by atomic mass is 79.9. The van der Waals surface area contributed by atoms with Gasteiger partial charge in [0.1, 0.15) is 5.82 Å². The molecule has 2 aromatic carbocycles. The number of hydrogen-bond acceptors (Lipinski definition) is 3. The zero-order valence-corrected chi connectivity index (χ0v) is 15.1. The molecule has 2 aromatic rings. The zero-order valence-electron chi connectivity index (χ0n) is 13.5. The largest absolute Gasteiger partial charge is 0.449 e. The fraction of sp³-hybridized carbons (Fsp3) is 0.158. The SMILES string of the molecule is C[C@H](OC(=O)/C=C/c1cccc(Br)c1)C(=O)NCc1ccc(F)cc1. The average molecular weight is 406 g/mol. The van der Waals surface area contributed by atoms with Gasteiger partial charge < -0.3 is 10.1 Å². The monoisotopic (exact) mass is 405 g/mol. The van der Waals surface area contributed by atoms with E-state index >= 15 is 0 Å². The van der Waals surface area contributed by atoms with Crippen molar-refractivity contribution >= 4 is 33.9 Å². The van der Waals surface area contributed by atoms with Gasteiger partial charge in [-0.25, -0.2) is 9.18 Å². The molecular weight excluding hydrogens is 389 g/mol. The minimum absolute atomic E-state index is 0.231. The van der Waals surface area contributed by atoms with Crippen LogP contribution in [0.25, 0.3) is 6.08 Å². The van der Waals surface area contributed by atoms with E-state index in [-0.39, 0.29) is 12.4 Å². The molecular formula is C19H17BrFNO3. The number of amides is 1. The van der Waals surface area contributed by atoms with Gasteiger partial charge >= 0.3 is 5.97 Å². The first kappa shape index (κ1) is 18.9. The van der Waals surface area contributed by atoms with Crippen LogP contribution in [0.3, 0.4) is 0 Å². The van der Waals surface area contributed by atoms with Crippen LogP contribution in [0.5, 0.6) is 0 Å². The summed E-state index contributed by atoms with van der Waals surface area (Å²) in [5, 5.41) is 2.64. The summed E-state index contributed by atoms with van der Waals surface area (Å²) >= 11 is 3.35. The second-order valence-corrected chi connectivity index (χ2v) is 6.23. The van der Waals surface area contributed by atoms with Crippen LogP contribution >= 0.6 is 15.9 Å². The fourth-order valence-corrected chi connectivity index (χ4v) is 2.39. The van der Waals surface area contributed by atoms with Crippen LogP contribution in [0, 0.1) is 5.82 Å². The molecule has 0 aliphatic carbocycles. The van der Waals surface area contributed by atoms with Crippen molar-refractivity contribution in [3.05, 3.63) is 76.0 Å². The van der Waals surface area contributed by atoms with Crippen molar-refractivity contribution in [1.29, 1.82) is 0 Å².